The third-order valence-electron chi connectivity index (χ3n) is 5.82. The molecule has 0 radical (unpaired) electrons. The van der Waals surface area contributed by atoms with Gasteiger partial charge >= 0.3 is 0 Å². The molecule has 0 unspecified atom stereocenters. The number of likely N-dealkylation sites (tertiary alicyclic amines) is 2. The molecule has 2 saturated heterocycles. The van der Waals surface area contributed by atoms with Crippen molar-refractivity contribution in [2.75, 3.05) is 38.2 Å². The summed E-state index contributed by atoms with van der Waals surface area (Å²) in [5.74, 6) is 0.742. The Hall–Kier alpha value is -1.05. The standard InChI is InChI=1S/C18H30N4O2S/c1-3-21-9-5-15(19-21)11-20-10-7-18(14-23)6-4-8-22(16(18)12-20)17(24)13-25-2/h5,9,16,23H,3-4,6-8,10-14H2,1-2H3/t16-,18+/m0/s1. The average Bonchev–Trinajstić information content (AvgIpc) is 3.09. The van der Waals surface area contributed by atoms with Crippen molar-refractivity contribution in [3.63, 3.8) is 0 Å². The minimum absolute atomic E-state index is 0.118. The molecule has 0 bridgehead atoms. The molecule has 3 rings (SSSR count). The first-order chi connectivity index (χ1) is 12.1. The van der Waals surface area contributed by atoms with Gasteiger partial charge in [0.15, 0.2) is 0 Å². The summed E-state index contributed by atoms with van der Waals surface area (Å²) in [7, 11) is 0. The predicted molar refractivity (Wildman–Crippen MR) is 100 cm³/mol. The summed E-state index contributed by atoms with van der Waals surface area (Å²) in [5, 5.41) is 14.7. The summed E-state index contributed by atoms with van der Waals surface area (Å²) in [6, 6.07) is 2.20. The lowest BCUT2D eigenvalue weighted by Crippen LogP contribution is -2.63. The summed E-state index contributed by atoms with van der Waals surface area (Å²) in [6.45, 7) is 6.58. The van der Waals surface area contributed by atoms with Crippen LogP contribution >= 0.6 is 11.8 Å². The zero-order chi connectivity index (χ0) is 17.9. The number of carbonyl (C=O) groups is 1. The van der Waals surface area contributed by atoms with E-state index in [1.807, 2.05) is 22.0 Å². The number of carbonyl (C=O) groups excluding carboxylic acids is 1. The van der Waals surface area contributed by atoms with E-state index in [0.29, 0.717) is 5.75 Å². The van der Waals surface area contributed by atoms with Crippen LogP contribution in [0.25, 0.3) is 0 Å². The molecule has 2 aliphatic rings. The van der Waals surface area contributed by atoms with E-state index in [4.69, 9.17) is 0 Å². The highest BCUT2D eigenvalue weighted by Gasteiger charge is 2.48. The molecule has 7 heteroatoms. The van der Waals surface area contributed by atoms with E-state index in [1.54, 1.807) is 11.8 Å². The smallest absolute Gasteiger partial charge is 0.232 e. The quantitative estimate of drug-likeness (QED) is 0.826. The van der Waals surface area contributed by atoms with Gasteiger partial charge in [-0.1, -0.05) is 0 Å². The SMILES string of the molecule is CCn1ccc(CN2CC[C@@]3(CO)CCCN(C(=O)CSC)[C@H]3C2)n1. The third kappa shape index (κ3) is 3.88. The second-order valence-corrected chi connectivity index (χ2v) is 8.17. The number of hydrogen-bond acceptors (Lipinski definition) is 5. The first-order valence-corrected chi connectivity index (χ1v) is 10.6. The lowest BCUT2D eigenvalue weighted by atomic mass is 9.69. The first-order valence-electron chi connectivity index (χ1n) is 9.26. The normalized spacial score (nSPS) is 27.3. The summed E-state index contributed by atoms with van der Waals surface area (Å²) < 4.78 is 1.95. The Morgan fingerprint density at radius 2 is 2.28 bits per heavy atom. The van der Waals surface area contributed by atoms with Crippen molar-refractivity contribution in [3.8, 4) is 0 Å². The van der Waals surface area contributed by atoms with Crippen LogP contribution in [0, 0.1) is 5.41 Å². The van der Waals surface area contributed by atoms with Gasteiger partial charge < -0.3 is 10.0 Å². The lowest BCUT2D eigenvalue weighted by Gasteiger charge is -2.54. The van der Waals surface area contributed by atoms with Crippen molar-refractivity contribution in [2.45, 2.75) is 45.3 Å². The number of nitrogens with zero attached hydrogens (tertiary/aromatic N) is 4. The molecule has 1 aromatic heterocycles. The topological polar surface area (TPSA) is 61.6 Å². The highest BCUT2D eigenvalue weighted by molar-refractivity contribution is 7.99. The van der Waals surface area contributed by atoms with Gasteiger partial charge in [-0.05, 0) is 45.1 Å². The second-order valence-electron chi connectivity index (χ2n) is 7.31. The molecule has 1 amide bonds. The van der Waals surface area contributed by atoms with E-state index < -0.39 is 0 Å². The number of thioether (sulfide) groups is 1. The third-order valence-corrected chi connectivity index (χ3v) is 6.36. The molecule has 2 atom stereocenters. The zero-order valence-corrected chi connectivity index (χ0v) is 16.2. The fourth-order valence-corrected chi connectivity index (χ4v) is 4.77. The number of piperidine rings is 2. The monoisotopic (exact) mass is 366 g/mol. The number of fused-ring (bicyclic) bond motifs is 1. The maximum absolute atomic E-state index is 12.6. The summed E-state index contributed by atoms with van der Waals surface area (Å²) in [4.78, 5) is 17.1. The van der Waals surface area contributed by atoms with Crippen LogP contribution in [-0.4, -0.2) is 74.9 Å². The number of aromatic nitrogens is 2. The van der Waals surface area contributed by atoms with Gasteiger partial charge in [0.2, 0.25) is 5.91 Å². The minimum Gasteiger partial charge on any atom is -0.396 e. The maximum atomic E-state index is 12.6. The molecule has 2 aliphatic heterocycles. The number of aliphatic hydroxyl groups excluding tert-OH is 1. The van der Waals surface area contributed by atoms with Gasteiger partial charge in [0.25, 0.3) is 0 Å². The molecule has 2 fully saturated rings. The molecule has 1 aromatic rings. The molecule has 1 N–H and O–H groups in total. The van der Waals surface area contributed by atoms with Crippen LogP contribution in [-0.2, 0) is 17.9 Å². The number of hydrogen-bond donors (Lipinski definition) is 1. The fourth-order valence-electron chi connectivity index (χ4n) is 4.36. The van der Waals surface area contributed by atoms with E-state index in [1.165, 1.54) is 0 Å². The molecule has 0 saturated carbocycles. The molecule has 3 heterocycles. The predicted octanol–water partition coefficient (Wildman–Crippen LogP) is 1.44. The molecule has 0 aromatic carbocycles. The zero-order valence-electron chi connectivity index (χ0n) is 15.4. The molecular formula is C18H30N4O2S. The Kier molecular flexibility index (Phi) is 6.07. The highest BCUT2D eigenvalue weighted by atomic mass is 32.2. The molecule has 25 heavy (non-hydrogen) atoms. The van der Waals surface area contributed by atoms with Gasteiger partial charge in [0.1, 0.15) is 0 Å². The molecule has 6 nitrogen and oxygen atoms in total. The number of amides is 1. The van der Waals surface area contributed by atoms with Crippen molar-refractivity contribution in [1.82, 2.24) is 19.6 Å². The Labute approximate surface area is 154 Å². The summed E-state index contributed by atoms with van der Waals surface area (Å²) in [6.07, 6.45) is 6.96. The van der Waals surface area contributed by atoms with Crippen LogP contribution in [0.3, 0.4) is 0 Å². The van der Waals surface area contributed by atoms with Crippen LogP contribution in [0.1, 0.15) is 31.9 Å². The van der Waals surface area contributed by atoms with Crippen molar-refractivity contribution in [3.05, 3.63) is 18.0 Å². The van der Waals surface area contributed by atoms with Crippen molar-refractivity contribution >= 4 is 17.7 Å². The van der Waals surface area contributed by atoms with Gasteiger partial charge in [0.05, 0.1) is 24.1 Å². The maximum Gasteiger partial charge on any atom is 0.232 e. The Balaban J connectivity index is 1.73. The van der Waals surface area contributed by atoms with E-state index >= 15 is 0 Å². The van der Waals surface area contributed by atoms with Gasteiger partial charge in [-0.25, -0.2) is 0 Å². The number of rotatable bonds is 6. The van der Waals surface area contributed by atoms with Crippen molar-refractivity contribution in [1.29, 1.82) is 0 Å². The van der Waals surface area contributed by atoms with Gasteiger partial charge in [-0.2, -0.15) is 16.9 Å². The molecule has 0 aliphatic carbocycles. The van der Waals surface area contributed by atoms with Crippen LogP contribution < -0.4 is 0 Å². The van der Waals surface area contributed by atoms with Crippen LogP contribution in [0.4, 0.5) is 0 Å². The first kappa shape index (κ1) is 18.7. The minimum atomic E-state index is -0.119. The summed E-state index contributed by atoms with van der Waals surface area (Å²) in [5.41, 5.74) is 0.960. The van der Waals surface area contributed by atoms with Crippen LogP contribution in [0.5, 0.6) is 0 Å². The van der Waals surface area contributed by atoms with Gasteiger partial charge in [-0.3, -0.25) is 14.4 Å². The van der Waals surface area contributed by atoms with Gasteiger partial charge in [-0.15, -0.1) is 0 Å². The molecule has 0 spiro atoms. The van der Waals surface area contributed by atoms with Crippen LogP contribution in [0.2, 0.25) is 0 Å². The Bertz CT molecular complexity index is 593. The van der Waals surface area contributed by atoms with Crippen molar-refractivity contribution < 1.29 is 9.90 Å². The van der Waals surface area contributed by atoms with E-state index in [2.05, 4.69) is 23.0 Å². The van der Waals surface area contributed by atoms with E-state index in [-0.39, 0.29) is 24.0 Å². The largest absolute Gasteiger partial charge is 0.396 e. The Morgan fingerprint density at radius 1 is 1.44 bits per heavy atom. The van der Waals surface area contributed by atoms with E-state index in [0.717, 1.165) is 57.7 Å². The molecule has 140 valence electrons. The number of aryl methyl sites for hydroxylation is 1. The van der Waals surface area contributed by atoms with Crippen LogP contribution in [0.15, 0.2) is 12.3 Å². The highest BCUT2D eigenvalue weighted by Crippen LogP contribution is 2.42. The average molecular weight is 367 g/mol. The number of aliphatic hydroxyl groups is 1. The van der Waals surface area contributed by atoms with Gasteiger partial charge in [0, 0.05) is 37.8 Å². The van der Waals surface area contributed by atoms with E-state index in [9.17, 15) is 9.90 Å². The summed E-state index contributed by atoms with van der Waals surface area (Å²) >= 11 is 1.58. The van der Waals surface area contributed by atoms with Crippen molar-refractivity contribution in [2.24, 2.45) is 5.41 Å². The fraction of sp³-hybridized carbons (Fsp3) is 0.778. The molecular weight excluding hydrogens is 336 g/mol. The lowest BCUT2D eigenvalue weighted by molar-refractivity contribution is -0.144. The second kappa shape index (κ2) is 8.10. The Morgan fingerprint density at radius 3 is 2.96 bits per heavy atom.